The zero-order valence-electron chi connectivity index (χ0n) is 9.40. The lowest BCUT2D eigenvalue weighted by molar-refractivity contribution is 0.393. The maximum Gasteiger partial charge on any atom is 0.160 e. The molecule has 0 saturated carbocycles. The zero-order valence-corrected chi connectivity index (χ0v) is 10.9. The van der Waals surface area contributed by atoms with Crippen molar-refractivity contribution in [1.29, 1.82) is 0 Å². The van der Waals surface area contributed by atoms with E-state index in [-0.39, 0.29) is 10.0 Å². The van der Waals surface area contributed by atoms with E-state index in [1.54, 1.807) is 12.1 Å². The lowest BCUT2D eigenvalue weighted by Crippen LogP contribution is -2.33. The number of halogens is 3. The van der Waals surface area contributed by atoms with Crippen LogP contribution in [-0.4, -0.2) is 19.6 Å². The van der Waals surface area contributed by atoms with E-state index in [0.717, 1.165) is 25.3 Å². The summed E-state index contributed by atoms with van der Waals surface area (Å²) in [5.74, 6) is 0.0459. The van der Waals surface area contributed by atoms with Crippen LogP contribution in [0.1, 0.15) is 12.8 Å². The average Bonchev–Trinajstić information content (AvgIpc) is 2.34. The van der Waals surface area contributed by atoms with E-state index in [0.29, 0.717) is 5.92 Å². The molecule has 2 rings (SSSR count). The molecule has 1 aromatic rings. The number of hydrogen-bond acceptors (Lipinski definition) is 2. The molecule has 0 amide bonds. The van der Waals surface area contributed by atoms with Crippen LogP contribution >= 0.6 is 23.2 Å². The van der Waals surface area contributed by atoms with Crippen molar-refractivity contribution in [2.45, 2.75) is 12.8 Å². The Kier molecular flexibility index (Phi) is 4.48. The molecule has 1 heterocycles. The number of benzene rings is 1. The number of hydrogen-bond donors (Lipinski definition) is 2. The van der Waals surface area contributed by atoms with Crippen LogP contribution < -0.4 is 10.6 Å². The second kappa shape index (κ2) is 5.89. The summed E-state index contributed by atoms with van der Waals surface area (Å²) in [4.78, 5) is 0. The molecule has 1 unspecified atom stereocenters. The van der Waals surface area contributed by atoms with E-state index >= 15 is 0 Å². The van der Waals surface area contributed by atoms with Crippen molar-refractivity contribution in [3.05, 3.63) is 28.0 Å². The standard InChI is InChI=1S/C12H15Cl2FN2/c13-10-4-9(5-11(14)12(10)15)17-7-8-2-1-3-16-6-8/h4-5,8,16-17H,1-3,6-7H2. The van der Waals surface area contributed by atoms with Crippen LogP contribution in [0.3, 0.4) is 0 Å². The van der Waals surface area contributed by atoms with Crippen LogP contribution in [0.15, 0.2) is 12.1 Å². The molecule has 1 fully saturated rings. The van der Waals surface area contributed by atoms with Crippen molar-refractivity contribution in [1.82, 2.24) is 5.32 Å². The molecule has 0 bridgehead atoms. The largest absolute Gasteiger partial charge is 0.385 e. The Morgan fingerprint density at radius 2 is 2.06 bits per heavy atom. The van der Waals surface area contributed by atoms with Crippen LogP contribution in [0.2, 0.25) is 10.0 Å². The van der Waals surface area contributed by atoms with Gasteiger partial charge in [-0.05, 0) is 44.0 Å². The van der Waals surface area contributed by atoms with Crippen LogP contribution in [0.4, 0.5) is 10.1 Å². The summed E-state index contributed by atoms with van der Waals surface area (Å²) >= 11 is 11.5. The first-order valence-electron chi connectivity index (χ1n) is 5.76. The van der Waals surface area contributed by atoms with Crippen molar-refractivity contribution >= 4 is 28.9 Å². The first kappa shape index (κ1) is 12.9. The summed E-state index contributed by atoms with van der Waals surface area (Å²) < 4.78 is 13.2. The van der Waals surface area contributed by atoms with E-state index < -0.39 is 5.82 Å². The average molecular weight is 277 g/mol. The van der Waals surface area contributed by atoms with E-state index in [4.69, 9.17) is 23.2 Å². The molecule has 94 valence electrons. The molecule has 5 heteroatoms. The Morgan fingerprint density at radius 1 is 1.35 bits per heavy atom. The Hall–Kier alpha value is -0.510. The second-order valence-electron chi connectivity index (χ2n) is 4.35. The van der Waals surface area contributed by atoms with Gasteiger partial charge in [0.05, 0.1) is 10.0 Å². The molecule has 0 aromatic heterocycles. The van der Waals surface area contributed by atoms with Gasteiger partial charge in [0.15, 0.2) is 5.82 Å². The third-order valence-corrected chi connectivity index (χ3v) is 3.53. The fraction of sp³-hybridized carbons (Fsp3) is 0.500. The highest BCUT2D eigenvalue weighted by Gasteiger charge is 2.13. The van der Waals surface area contributed by atoms with Gasteiger partial charge in [-0.2, -0.15) is 0 Å². The predicted molar refractivity (Wildman–Crippen MR) is 70.5 cm³/mol. The molecule has 0 radical (unpaired) electrons. The second-order valence-corrected chi connectivity index (χ2v) is 5.16. The lowest BCUT2D eigenvalue weighted by atomic mass is 10.00. The molecule has 1 aromatic carbocycles. The number of rotatable bonds is 3. The number of nitrogens with one attached hydrogen (secondary N) is 2. The SMILES string of the molecule is Fc1c(Cl)cc(NCC2CCCNC2)cc1Cl. The molecular weight excluding hydrogens is 262 g/mol. The molecule has 0 spiro atoms. The first-order chi connectivity index (χ1) is 8.16. The fourth-order valence-electron chi connectivity index (χ4n) is 2.02. The molecule has 2 nitrogen and oxygen atoms in total. The van der Waals surface area contributed by atoms with Crippen molar-refractivity contribution in [3.8, 4) is 0 Å². The van der Waals surface area contributed by atoms with E-state index in [9.17, 15) is 4.39 Å². The van der Waals surface area contributed by atoms with Crippen molar-refractivity contribution in [3.63, 3.8) is 0 Å². The predicted octanol–water partition coefficient (Wildman–Crippen LogP) is 3.54. The summed E-state index contributed by atoms with van der Waals surface area (Å²) in [6.45, 7) is 2.98. The van der Waals surface area contributed by atoms with Crippen molar-refractivity contribution < 1.29 is 4.39 Å². The number of piperidine rings is 1. The van der Waals surface area contributed by atoms with Crippen LogP contribution in [0, 0.1) is 11.7 Å². The van der Waals surface area contributed by atoms with E-state index in [1.165, 1.54) is 12.8 Å². The minimum absolute atomic E-state index is 0.0572. The van der Waals surface area contributed by atoms with E-state index in [2.05, 4.69) is 10.6 Å². The van der Waals surface area contributed by atoms with Gasteiger partial charge in [-0.1, -0.05) is 23.2 Å². The number of anilines is 1. The molecule has 0 aliphatic carbocycles. The van der Waals surface area contributed by atoms with Crippen molar-refractivity contribution in [2.75, 3.05) is 25.0 Å². The molecule has 17 heavy (non-hydrogen) atoms. The lowest BCUT2D eigenvalue weighted by Gasteiger charge is -2.23. The fourth-order valence-corrected chi connectivity index (χ4v) is 2.51. The quantitative estimate of drug-likeness (QED) is 0.826. The van der Waals surface area contributed by atoms with Gasteiger partial charge < -0.3 is 10.6 Å². The molecular formula is C12H15Cl2FN2. The molecule has 1 atom stereocenters. The highest BCUT2D eigenvalue weighted by atomic mass is 35.5. The van der Waals surface area contributed by atoms with E-state index in [1.807, 2.05) is 0 Å². The normalized spacial score (nSPS) is 20.3. The van der Waals surface area contributed by atoms with Gasteiger partial charge in [-0.3, -0.25) is 0 Å². The van der Waals surface area contributed by atoms with Crippen LogP contribution in [0.5, 0.6) is 0 Å². The molecule has 1 aliphatic rings. The summed E-state index contributed by atoms with van der Waals surface area (Å²) in [6.07, 6.45) is 2.42. The molecule has 1 saturated heterocycles. The minimum Gasteiger partial charge on any atom is -0.385 e. The first-order valence-corrected chi connectivity index (χ1v) is 6.51. The Labute approximate surface area is 110 Å². The van der Waals surface area contributed by atoms with Gasteiger partial charge in [-0.15, -0.1) is 0 Å². The van der Waals surface area contributed by atoms with Gasteiger partial charge in [0, 0.05) is 12.2 Å². The van der Waals surface area contributed by atoms with Gasteiger partial charge in [0.2, 0.25) is 0 Å². The minimum atomic E-state index is -0.557. The van der Waals surface area contributed by atoms with Gasteiger partial charge in [0.25, 0.3) is 0 Å². The highest BCUT2D eigenvalue weighted by Crippen LogP contribution is 2.27. The topological polar surface area (TPSA) is 24.1 Å². The Morgan fingerprint density at radius 3 is 2.65 bits per heavy atom. The highest BCUT2D eigenvalue weighted by molar-refractivity contribution is 6.35. The van der Waals surface area contributed by atoms with Gasteiger partial charge >= 0.3 is 0 Å². The summed E-state index contributed by atoms with van der Waals surface area (Å²) in [5.41, 5.74) is 0.770. The third kappa shape index (κ3) is 3.47. The Balaban J connectivity index is 1.94. The maximum atomic E-state index is 13.2. The smallest absolute Gasteiger partial charge is 0.160 e. The van der Waals surface area contributed by atoms with Crippen molar-refractivity contribution in [2.24, 2.45) is 5.92 Å². The third-order valence-electron chi connectivity index (χ3n) is 2.98. The summed E-state index contributed by atoms with van der Waals surface area (Å²) in [5, 5.41) is 6.71. The van der Waals surface area contributed by atoms with Crippen LogP contribution in [-0.2, 0) is 0 Å². The van der Waals surface area contributed by atoms with Crippen LogP contribution in [0.25, 0.3) is 0 Å². The van der Waals surface area contributed by atoms with Gasteiger partial charge in [-0.25, -0.2) is 4.39 Å². The maximum absolute atomic E-state index is 13.2. The summed E-state index contributed by atoms with van der Waals surface area (Å²) in [6, 6.07) is 3.14. The van der Waals surface area contributed by atoms with Gasteiger partial charge in [0.1, 0.15) is 0 Å². The molecule has 1 aliphatic heterocycles. The monoisotopic (exact) mass is 276 g/mol. The zero-order chi connectivity index (χ0) is 12.3. The molecule has 2 N–H and O–H groups in total. The Bertz CT molecular complexity index is 369. The summed E-state index contributed by atoms with van der Waals surface area (Å²) in [7, 11) is 0.